The van der Waals surface area contributed by atoms with Gasteiger partial charge in [-0.05, 0) is 85.2 Å². The van der Waals surface area contributed by atoms with Crippen LogP contribution in [0, 0.1) is 5.41 Å². The molecule has 0 N–H and O–H groups in total. The largest absolute Gasteiger partial charge is 0.410 e. The average Bonchev–Trinajstić information content (AvgIpc) is 3.43. The minimum absolute atomic E-state index is 0.0587. The van der Waals surface area contributed by atoms with Crippen LogP contribution in [0.5, 0.6) is 0 Å². The Kier molecular flexibility index (Phi) is 7.33. The summed E-state index contributed by atoms with van der Waals surface area (Å²) in [4.78, 5) is 5.66. The number of hydrogen-bond donors (Lipinski definition) is 0. The van der Waals surface area contributed by atoms with Gasteiger partial charge in [-0.25, -0.2) is 0 Å². The van der Waals surface area contributed by atoms with Crippen LogP contribution in [0.1, 0.15) is 159 Å². The van der Waals surface area contributed by atoms with Gasteiger partial charge in [-0.15, -0.1) is 0 Å². The highest BCUT2D eigenvalue weighted by Crippen LogP contribution is 2.57. The van der Waals surface area contributed by atoms with Gasteiger partial charge in [-0.1, -0.05) is 92.5 Å². The number of fused-ring (bicyclic) bond motifs is 3. The number of nitrogens with zero attached hydrogens (tertiary/aromatic N) is 1. The van der Waals surface area contributed by atoms with Crippen LogP contribution in [0.2, 0.25) is 18.1 Å². The first-order valence-electron chi connectivity index (χ1n) is 15.8. The van der Waals surface area contributed by atoms with Gasteiger partial charge in [0.15, 0.2) is 8.32 Å². The molecule has 1 saturated carbocycles. The highest BCUT2D eigenvalue weighted by molar-refractivity contribution is 6.74. The van der Waals surface area contributed by atoms with E-state index in [2.05, 4.69) is 107 Å². The molecule has 1 aromatic heterocycles. The molecule has 2 aliphatic carbocycles. The van der Waals surface area contributed by atoms with Crippen LogP contribution in [-0.2, 0) is 26.6 Å². The van der Waals surface area contributed by atoms with Crippen LogP contribution in [0.3, 0.4) is 0 Å². The Morgan fingerprint density at radius 1 is 0.900 bits per heavy atom. The van der Waals surface area contributed by atoms with E-state index in [1.54, 1.807) is 0 Å². The minimum Gasteiger partial charge on any atom is -0.410 e. The maximum atomic E-state index is 7.33. The van der Waals surface area contributed by atoms with E-state index < -0.39 is 13.9 Å². The van der Waals surface area contributed by atoms with Crippen molar-refractivity contribution in [2.45, 2.75) is 155 Å². The van der Waals surface area contributed by atoms with Gasteiger partial charge in [0.1, 0.15) is 6.10 Å². The summed E-state index contributed by atoms with van der Waals surface area (Å²) in [6, 6.07) is 9.22. The predicted octanol–water partition coefficient (Wildman–Crippen LogP) is 10.4. The molecule has 0 saturated heterocycles. The van der Waals surface area contributed by atoms with Crippen LogP contribution in [0.25, 0.3) is 0 Å². The highest BCUT2D eigenvalue weighted by atomic mass is 28.4. The van der Waals surface area contributed by atoms with Crippen molar-refractivity contribution < 1.29 is 9.16 Å². The Morgan fingerprint density at radius 2 is 1.50 bits per heavy atom. The first kappa shape index (κ1) is 30.0. The monoisotopic (exact) mass is 561 g/mol. The zero-order chi connectivity index (χ0) is 29.5. The third-order valence-electron chi connectivity index (χ3n) is 10.4. The topological polar surface area (TPSA) is 31.4 Å². The lowest BCUT2D eigenvalue weighted by Gasteiger charge is -2.45. The van der Waals surface area contributed by atoms with Crippen LogP contribution >= 0.6 is 0 Å². The number of hydrogen-bond acceptors (Lipinski definition) is 3. The summed E-state index contributed by atoms with van der Waals surface area (Å²) >= 11 is 0. The van der Waals surface area contributed by atoms with Crippen LogP contribution in [0.4, 0.5) is 0 Å². The van der Waals surface area contributed by atoms with Crippen LogP contribution in [0.15, 0.2) is 24.3 Å². The maximum Gasteiger partial charge on any atom is 0.192 e. The van der Waals surface area contributed by atoms with E-state index in [-0.39, 0.29) is 28.1 Å². The Labute approximate surface area is 246 Å². The molecule has 5 rings (SSSR count). The second-order valence-corrected chi connectivity index (χ2v) is 21.7. The van der Waals surface area contributed by atoms with Crippen molar-refractivity contribution in [1.29, 1.82) is 0 Å². The normalized spacial score (nSPS) is 24.7. The van der Waals surface area contributed by atoms with Gasteiger partial charge in [0.05, 0.1) is 17.4 Å². The lowest BCUT2D eigenvalue weighted by Crippen LogP contribution is -2.44. The lowest BCUT2D eigenvalue weighted by atomic mass is 9.71. The second-order valence-electron chi connectivity index (χ2n) is 16.9. The van der Waals surface area contributed by atoms with Gasteiger partial charge in [0.25, 0.3) is 0 Å². The number of aromatic nitrogens is 1. The Bertz CT molecular complexity index is 1250. The standard InChI is InChI=1S/C36H55NO2Si/c1-33(2,3)25-19-17-24(18-20-25)32-29-30(36(9,10)38-32)28-26(37-31(29)23-15-13-14-16-23)21-35(7,8)22-27(28)39-40(11,12)34(4,5)6/h17-20,23,27,32H,13-16,21-22H2,1-12H3/t27?,32-/m1/s1. The number of ether oxygens (including phenoxy) is 1. The van der Waals surface area contributed by atoms with Gasteiger partial charge in [0, 0.05) is 22.7 Å². The molecule has 0 spiro atoms. The summed E-state index contributed by atoms with van der Waals surface area (Å²) < 4.78 is 14.4. The quantitative estimate of drug-likeness (QED) is 0.348. The molecule has 1 aromatic carbocycles. The van der Waals surface area contributed by atoms with E-state index in [1.807, 2.05) is 0 Å². The summed E-state index contributed by atoms with van der Waals surface area (Å²) in [5.74, 6) is 0.526. The molecular formula is C36H55NO2Si. The minimum atomic E-state index is -2.02. The van der Waals surface area contributed by atoms with Gasteiger partial charge in [0.2, 0.25) is 0 Å². The van der Waals surface area contributed by atoms with Gasteiger partial charge >= 0.3 is 0 Å². The highest BCUT2D eigenvalue weighted by Gasteiger charge is 2.50. The molecule has 40 heavy (non-hydrogen) atoms. The third-order valence-corrected chi connectivity index (χ3v) is 14.9. The molecule has 1 fully saturated rings. The summed E-state index contributed by atoms with van der Waals surface area (Å²) in [5.41, 5.74) is 9.21. The molecule has 0 bridgehead atoms. The van der Waals surface area contributed by atoms with Crippen molar-refractivity contribution in [3.05, 3.63) is 63.5 Å². The van der Waals surface area contributed by atoms with Crippen molar-refractivity contribution in [3.8, 4) is 0 Å². The fourth-order valence-corrected chi connectivity index (χ4v) is 8.42. The van der Waals surface area contributed by atoms with Crippen molar-refractivity contribution in [3.63, 3.8) is 0 Å². The van der Waals surface area contributed by atoms with E-state index in [9.17, 15) is 0 Å². The van der Waals surface area contributed by atoms with Crippen molar-refractivity contribution in [2.75, 3.05) is 0 Å². The van der Waals surface area contributed by atoms with Crippen molar-refractivity contribution in [2.24, 2.45) is 5.41 Å². The summed E-state index contributed by atoms with van der Waals surface area (Å²) in [5, 5.41) is 0.151. The first-order valence-corrected chi connectivity index (χ1v) is 18.7. The summed E-state index contributed by atoms with van der Waals surface area (Å²) in [7, 11) is -2.02. The Hall–Kier alpha value is -1.49. The molecule has 0 amide bonds. The van der Waals surface area contributed by atoms with Gasteiger partial charge in [-0.2, -0.15) is 0 Å². The maximum absolute atomic E-state index is 7.33. The van der Waals surface area contributed by atoms with E-state index >= 15 is 0 Å². The molecule has 0 radical (unpaired) electrons. The van der Waals surface area contributed by atoms with E-state index in [4.69, 9.17) is 14.1 Å². The zero-order valence-corrected chi connectivity index (χ0v) is 28.5. The summed E-state index contributed by atoms with van der Waals surface area (Å²) in [6.45, 7) is 28.1. The fourth-order valence-electron chi connectivity index (χ4n) is 7.16. The summed E-state index contributed by atoms with van der Waals surface area (Å²) in [6.07, 6.45) is 7.09. The van der Waals surface area contributed by atoms with Crippen LogP contribution in [-0.4, -0.2) is 13.3 Å². The number of rotatable bonds is 4. The smallest absolute Gasteiger partial charge is 0.192 e. The molecule has 2 atom stereocenters. The molecule has 1 unspecified atom stereocenters. The van der Waals surface area contributed by atoms with E-state index in [0.29, 0.717) is 5.92 Å². The fraction of sp³-hybridized carbons (Fsp3) is 0.694. The molecular weight excluding hydrogens is 506 g/mol. The van der Waals surface area contributed by atoms with Gasteiger partial charge < -0.3 is 9.16 Å². The SMILES string of the molecule is CC1(C)Cc2nc(C3CCCC3)c3c(c2C(O[Si](C)(C)C(C)(C)C)C1)C(C)(C)O[C@@H]3c1ccc(C(C)(C)C)cc1. The lowest BCUT2D eigenvalue weighted by molar-refractivity contribution is -0.0359. The molecule has 3 nitrogen and oxygen atoms in total. The van der Waals surface area contributed by atoms with Crippen molar-refractivity contribution in [1.82, 2.24) is 4.98 Å². The van der Waals surface area contributed by atoms with E-state index in [1.165, 1.54) is 64.9 Å². The Morgan fingerprint density at radius 3 is 2.05 bits per heavy atom. The number of pyridine rings is 1. The molecule has 2 aromatic rings. The molecule has 2 heterocycles. The van der Waals surface area contributed by atoms with Gasteiger partial charge in [-0.3, -0.25) is 4.98 Å². The molecule has 1 aliphatic heterocycles. The predicted molar refractivity (Wildman–Crippen MR) is 170 cm³/mol. The van der Waals surface area contributed by atoms with E-state index in [0.717, 1.165) is 12.8 Å². The molecule has 4 heteroatoms. The zero-order valence-electron chi connectivity index (χ0n) is 27.5. The van der Waals surface area contributed by atoms with Crippen molar-refractivity contribution >= 4 is 8.32 Å². The number of benzene rings is 1. The van der Waals surface area contributed by atoms with Crippen LogP contribution < -0.4 is 0 Å². The average molecular weight is 562 g/mol. The Balaban J connectivity index is 1.73. The molecule has 220 valence electrons. The third kappa shape index (κ3) is 5.38. The molecule has 3 aliphatic rings. The second kappa shape index (κ2) is 9.78. The first-order chi connectivity index (χ1) is 18.3.